The number of nitrogen functional groups attached to an aromatic ring is 1. The van der Waals surface area contributed by atoms with Gasteiger partial charge in [-0.2, -0.15) is 0 Å². The molecule has 106 valence electrons. The van der Waals surface area contributed by atoms with Gasteiger partial charge in [-0.3, -0.25) is 10.6 Å². The van der Waals surface area contributed by atoms with E-state index < -0.39 is 0 Å². The number of para-hydroxylation sites is 1. The maximum atomic E-state index is 12.2. The fourth-order valence-corrected chi connectivity index (χ4v) is 2.06. The lowest BCUT2D eigenvalue weighted by atomic mass is 10.1. The molecule has 0 aliphatic carbocycles. The van der Waals surface area contributed by atoms with Crippen LogP contribution in [-0.4, -0.2) is 20.9 Å². The summed E-state index contributed by atoms with van der Waals surface area (Å²) in [5.74, 6) is 5.91. The van der Waals surface area contributed by atoms with E-state index in [1.54, 1.807) is 18.5 Å². The Balaban J connectivity index is 1.87. The molecule has 0 aliphatic rings. The molecule has 0 bridgehead atoms. The lowest BCUT2D eigenvalue weighted by molar-refractivity contribution is 0.0945. The highest BCUT2D eigenvalue weighted by Gasteiger charge is 2.11. The van der Waals surface area contributed by atoms with Crippen LogP contribution in [0, 0.1) is 0 Å². The van der Waals surface area contributed by atoms with Crippen LogP contribution in [0.15, 0.2) is 42.7 Å². The summed E-state index contributed by atoms with van der Waals surface area (Å²) in [6.45, 7) is 0.311. The lowest BCUT2D eigenvalue weighted by Gasteiger charge is -2.09. The summed E-state index contributed by atoms with van der Waals surface area (Å²) in [6, 6.07) is 9.10. The first-order chi connectivity index (χ1) is 10.3. The summed E-state index contributed by atoms with van der Waals surface area (Å²) in [7, 11) is 0. The van der Waals surface area contributed by atoms with Crippen molar-refractivity contribution in [1.29, 1.82) is 0 Å². The monoisotopic (exact) mass is 282 g/mol. The first kappa shape index (κ1) is 13.1. The number of H-pyrrole nitrogens is 1. The van der Waals surface area contributed by atoms with Crippen LogP contribution in [0.25, 0.3) is 10.9 Å². The van der Waals surface area contributed by atoms with Gasteiger partial charge in [-0.1, -0.05) is 18.2 Å². The number of rotatable bonds is 4. The number of carbonyl (C=O) groups excluding carboxylic acids is 1. The van der Waals surface area contributed by atoms with Crippen LogP contribution in [0.1, 0.15) is 16.3 Å². The molecule has 0 atom stereocenters. The van der Waals surface area contributed by atoms with Gasteiger partial charge in [0.25, 0.3) is 5.91 Å². The standard InChI is InChI=1S/C14H14N6O/c15-20-11-7-12(19-10-4-2-1-3-9(10)11)14(21)18-8-13-16-5-6-17-13/h1-7H,8,15H2,(H,16,17)(H,18,21)(H,19,20). The Kier molecular flexibility index (Phi) is 3.48. The SMILES string of the molecule is NNc1cc(C(=O)NCc2ncc[nH]2)nc2ccccc12. The number of benzene rings is 1. The molecule has 0 fully saturated rings. The number of nitrogens with one attached hydrogen (secondary N) is 3. The predicted molar refractivity (Wildman–Crippen MR) is 79.3 cm³/mol. The van der Waals surface area contributed by atoms with Crippen LogP contribution in [-0.2, 0) is 6.54 Å². The van der Waals surface area contributed by atoms with Gasteiger partial charge < -0.3 is 15.7 Å². The van der Waals surface area contributed by atoms with E-state index in [1.165, 1.54) is 0 Å². The normalized spacial score (nSPS) is 10.5. The molecule has 0 radical (unpaired) electrons. The molecule has 2 aromatic heterocycles. The highest BCUT2D eigenvalue weighted by Crippen LogP contribution is 2.22. The van der Waals surface area contributed by atoms with Gasteiger partial charge in [-0.05, 0) is 12.1 Å². The molecule has 0 saturated carbocycles. The average molecular weight is 282 g/mol. The summed E-state index contributed by atoms with van der Waals surface area (Å²) in [5, 5.41) is 3.62. The van der Waals surface area contributed by atoms with Gasteiger partial charge in [0.1, 0.15) is 11.5 Å². The van der Waals surface area contributed by atoms with Gasteiger partial charge in [0.15, 0.2) is 0 Å². The van der Waals surface area contributed by atoms with Gasteiger partial charge >= 0.3 is 0 Å². The highest BCUT2D eigenvalue weighted by molar-refractivity contribution is 5.99. The zero-order chi connectivity index (χ0) is 14.7. The maximum Gasteiger partial charge on any atom is 0.270 e. The maximum absolute atomic E-state index is 12.2. The second-order valence-electron chi connectivity index (χ2n) is 4.44. The van der Waals surface area contributed by atoms with Crippen LogP contribution < -0.4 is 16.6 Å². The molecule has 2 heterocycles. The molecule has 3 rings (SSSR count). The molecule has 7 heteroatoms. The number of pyridine rings is 1. The number of imidazole rings is 1. The molecular weight excluding hydrogens is 268 g/mol. The molecule has 0 saturated heterocycles. The lowest BCUT2D eigenvalue weighted by Crippen LogP contribution is -2.24. The van der Waals surface area contributed by atoms with Crippen LogP contribution in [0.3, 0.4) is 0 Å². The van der Waals surface area contributed by atoms with E-state index in [9.17, 15) is 4.79 Å². The molecule has 21 heavy (non-hydrogen) atoms. The van der Waals surface area contributed by atoms with Crippen molar-refractivity contribution in [3.63, 3.8) is 0 Å². The zero-order valence-electron chi connectivity index (χ0n) is 11.1. The number of hydrogen-bond acceptors (Lipinski definition) is 5. The number of anilines is 1. The minimum Gasteiger partial charge on any atom is -0.347 e. The van der Waals surface area contributed by atoms with E-state index in [4.69, 9.17) is 5.84 Å². The Morgan fingerprint density at radius 2 is 2.19 bits per heavy atom. The summed E-state index contributed by atoms with van der Waals surface area (Å²) >= 11 is 0. The van der Waals surface area contributed by atoms with Crippen molar-refractivity contribution in [2.45, 2.75) is 6.54 Å². The van der Waals surface area contributed by atoms with Gasteiger partial charge in [-0.15, -0.1) is 0 Å². The van der Waals surface area contributed by atoms with Gasteiger partial charge in [0.2, 0.25) is 0 Å². The zero-order valence-corrected chi connectivity index (χ0v) is 11.1. The van der Waals surface area contributed by atoms with Crippen LogP contribution in [0.4, 0.5) is 5.69 Å². The Morgan fingerprint density at radius 3 is 2.95 bits per heavy atom. The fourth-order valence-electron chi connectivity index (χ4n) is 2.06. The minimum absolute atomic E-state index is 0.284. The van der Waals surface area contributed by atoms with Crippen molar-refractivity contribution in [1.82, 2.24) is 20.3 Å². The summed E-state index contributed by atoms with van der Waals surface area (Å²) in [6.07, 6.45) is 3.33. The summed E-state index contributed by atoms with van der Waals surface area (Å²) < 4.78 is 0. The second kappa shape index (κ2) is 5.59. The molecule has 5 N–H and O–H groups in total. The van der Waals surface area contributed by atoms with Crippen LogP contribution >= 0.6 is 0 Å². The molecule has 0 aliphatic heterocycles. The van der Waals surface area contributed by atoms with Crippen molar-refractivity contribution in [3.8, 4) is 0 Å². The summed E-state index contributed by atoms with van der Waals surface area (Å²) in [4.78, 5) is 23.5. The number of aromatic amines is 1. The number of hydrazine groups is 1. The van der Waals surface area contributed by atoms with E-state index >= 15 is 0 Å². The average Bonchev–Trinajstić information content (AvgIpc) is 3.04. The Hall–Kier alpha value is -2.93. The predicted octanol–water partition coefficient (Wildman–Crippen LogP) is 1.17. The molecule has 0 unspecified atom stereocenters. The highest BCUT2D eigenvalue weighted by atomic mass is 16.1. The first-order valence-corrected chi connectivity index (χ1v) is 6.41. The Labute approximate surface area is 120 Å². The molecule has 1 amide bonds. The molecule has 1 aromatic carbocycles. The van der Waals surface area contributed by atoms with Crippen LogP contribution in [0.2, 0.25) is 0 Å². The fraction of sp³-hybridized carbons (Fsp3) is 0.0714. The van der Waals surface area contributed by atoms with Gasteiger partial charge in [-0.25, -0.2) is 9.97 Å². The van der Waals surface area contributed by atoms with Crippen molar-refractivity contribution < 1.29 is 4.79 Å². The molecular formula is C14H14N6O. The van der Waals surface area contributed by atoms with Crippen molar-refractivity contribution in [2.75, 3.05) is 5.43 Å². The number of nitrogens with two attached hydrogens (primary N) is 1. The number of amides is 1. The number of hydrogen-bond donors (Lipinski definition) is 4. The minimum atomic E-state index is -0.284. The molecule has 3 aromatic rings. The summed E-state index contributed by atoms with van der Waals surface area (Å²) in [5.41, 5.74) is 4.26. The van der Waals surface area contributed by atoms with E-state index in [2.05, 4.69) is 25.7 Å². The number of nitrogens with zero attached hydrogens (tertiary/aromatic N) is 2. The first-order valence-electron chi connectivity index (χ1n) is 6.41. The topological polar surface area (TPSA) is 109 Å². The third kappa shape index (κ3) is 2.67. The third-order valence-corrected chi connectivity index (χ3v) is 3.08. The largest absolute Gasteiger partial charge is 0.347 e. The number of fused-ring (bicyclic) bond motifs is 1. The van der Waals surface area contributed by atoms with Crippen molar-refractivity contribution in [2.24, 2.45) is 5.84 Å². The van der Waals surface area contributed by atoms with E-state index in [-0.39, 0.29) is 5.91 Å². The Bertz CT molecular complexity index is 768. The quantitative estimate of drug-likeness (QED) is 0.424. The van der Waals surface area contributed by atoms with Gasteiger partial charge in [0.05, 0.1) is 17.7 Å². The van der Waals surface area contributed by atoms with E-state index in [1.807, 2.05) is 24.3 Å². The number of carbonyl (C=O) groups is 1. The van der Waals surface area contributed by atoms with Crippen molar-refractivity contribution >= 4 is 22.5 Å². The van der Waals surface area contributed by atoms with E-state index in [0.29, 0.717) is 29.3 Å². The van der Waals surface area contributed by atoms with Gasteiger partial charge in [0, 0.05) is 17.8 Å². The van der Waals surface area contributed by atoms with Crippen molar-refractivity contribution in [3.05, 3.63) is 54.2 Å². The second-order valence-corrected chi connectivity index (χ2v) is 4.44. The number of aromatic nitrogens is 3. The third-order valence-electron chi connectivity index (χ3n) is 3.08. The smallest absolute Gasteiger partial charge is 0.270 e. The molecule has 7 nitrogen and oxygen atoms in total. The Morgan fingerprint density at radius 1 is 1.33 bits per heavy atom. The van der Waals surface area contributed by atoms with Crippen LogP contribution in [0.5, 0.6) is 0 Å². The molecule has 0 spiro atoms. The van der Waals surface area contributed by atoms with E-state index in [0.717, 1.165) is 5.39 Å².